The Kier molecular flexibility index (Phi) is 7.28. The van der Waals surface area contributed by atoms with Gasteiger partial charge in [0.05, 0.1) is 12.0 Å². The number of nitrogens with zero attached hydrogens (tertiary/aromatic N) is 1. The number of carbonyl (C=O) groups is 2. The van der Waals surface area contributed by atoms with Gasteiger partial charge in [-0.25, -0.2) is 4.79 Å². The van der Waals surface area contributed by atoms with Gasteiger partial charge < -0.3 is 20.5 Å². The van der Waals surface area contributed by atoms with Crippen LogP contribution in [0.3, 0.4) is 0 Å². The Balaban J connectivity index is 1.59. The number of ether oxygens (including phenoxy) is 1. The predicted octanol–water partition coefficient (Wildman–Crippen LogP) is 3.56. The highest BCUT2D eigenvalue weighted by atomic mass is 16.5. The third-order valence-electron chi connectivity index (χ3n) is 5.24. The lowest BCUT2D eigenvalue weighted by molar-refractivity contribution is -0.127. The molecular weight excluding hydrogens is 382 g/mol. The molecule has 0 bridgehead atoms. The van der Waals surface area contributed by atoms with E-state index in [-0.39, 0.29) is 24.3 Å². The first-order chi connectivity index (χ1) is 14.6. The summed E-state index contributed by atoms with van der Waals surface area (Å²) in [7, 11) is 0. The van der Waals surface area contributed by atoms with Gasteiger partial charge in [-0.05, 0) is 36.1 Å². The van der Waals surface area contributed by atoms with E-state index in [0.29, 0.717) is 18.4 Å². The minimum absolute atomic E-state index is 0.0281. The van der Waals surface area contributed by atoms with Crippen LogP contribution >= 0.6 is 0 Å². The first-order valence-electron chi connectivity index (χ1n) is 10.0. The molecule has 2 aromatic rings. The van der Waals surface area contributed by atoms with Gasteiger partial charge >= 0.3 is 6.09 Å². The van der Waals surface area contributed by atoms with Crippen LogP contribution in [0.5, 0.6) is 5.75 Å². The maximum Gasteiger partial charge on any atom is 0.407 e. The number of rotatable bonds is 6. The molecule has 0 aromatic heterocycles. The number of hydrogen-bond donors (Lipinski definition) is 3. The van der Waals surface area contributed by atoms with Crippen LogP contribution in [0.1, 0.15) is 42.9 Å². The number of hydrogen-bond acceptors (Lipinski definition) is 5. The summed E-state index contributed by atoms with van der Waals surface area (Å²) < 4.78 is 5.28. The van der Waals surface area contributed by atoms with Crippen molar-refractivity contribution < 1.29 is 19.4 Å². The van der Waals surface area contributed by atoms with Crippen LogP contribution in [-0.4, -0.2) is 23.1 Å². The Labute approximate surface area is 175 Å². The van der Waals surface area contributed by atoms with Gasteiger partial charge in [-0.2, -0.15) is 5.26 Å². The smallest absolute Gasteiger partial charge is 0.407 e. The summed E-state index contributed by atoms with van der Waals surface area (Å²) in [4.78, 5) is 25.1. The minimum Gasteiger partial charge on any atom is -0.508 e. The molecule has 0 heterocycles. The number of aromatic hydroxyl groups is 1. The predicted molar refractivity (Wildman–Crippen MR) is 110 cm³/mol. The first-order valence-corrected chi connectivity index (χ1v) is 10.0. The zero-order valence-corrected chi connectivity index (χ0v) is 16.6. The average Bonchev–Trinajstić information content (AvgIpc) is 2.77. The van der Waals surface area contributed by atoms with Crippen molar-refractivity contribution in [1.82, 2.24) is 10.6 Å². The Morgan fingerprint density at radius 2 is 1.90 bits per heavy atom. The van der Waals surface area contributed by atoms with Gasteiger partial charge in [-0.1, -0.05) is 55.3 Å². The van der Waals surface area contributed by atoms with Crippen molar-refractivity contribution in [2.24, 2.45) is 5.92 Å². The molecule has 1 saturated carbocycles. The second-order valence-electron chi connectivity index (χ2n) is 7.37. The van der Waals surface area contributed by atoms with E-state index in [0.717, 1.165) is 18.4 Å². The van der Waals surface area contributed by atoms with E-state index in [2.05, 4.69) is 16.7 Å². The number of amides is 2. The van der Waals surface area contributed by atoms with Crippen molar-refractivity contribution in [3.8, 4) is 11.8 Å². The highest BCUT2D eigenvalue weighted by Gasteiger charge is 2.33. The van der Waals surface area contributed by atoms with E-state index in [4.69, 9.17) is 4.74 Å². The van der Waals surface area contributed by atoms with Crippen LogP contribution in [-0.2, 0) is 16.1 Å². The van der Waals surface area contributed by atoms with Gasteiger partial charge in [0, 0.05) is 6.04 Å². The lowest BCUT2D eigenvalue weighted by atomic mass is 9.83. The van der Waals surface area contributed by atoms with Gasteiger partial charge in [0.1, 0.15) is 18.4 Å². The fourth-order valence-corrected chi connectivity index (χ4v) is 3.68. The second-order valence-corrected chi connectivity index (χ2v) is 7.37. The topological polar surface area (TPSA) is 111 Å². The van der Waals surface area contributed by atoms with E-state index in [1.54, 1.807) is 12.1 Å². The number of nitriles is 1. The SMILES string of the molecule is N#C[C@H](NC(=O)[C@@H]1CCCC[C@H]1NC(=O)OCc1ccccc1)c1cccc(O)c1. The fourth-order valence-electron chi connectivity index (χ4n) is 3.68. The summed E-state index contributed by atoms with van der Waals surface area (Å²) in [6.45, 7) is 0.157. The lowest BCUT2D eigenvalue weighted by Crippen LogP contribution is -2.49. The molecule has 0 saturated heterocycles. The molecule has 2 aromatic carbocycles. The van der Waals surface area contributed by atoms with Gasteiger partial charge in [0.25, 0.3) is 0 Å². The molecular formula is C23H25N3O4. The molecule has 7 heteroatoms. The monoisotopic (exact) mass is 407 g/mol. The molecule has 1 fully saturated rings. The first kappa shape index (κ1) is 21.2. The summed E-state index contributed by atoms with van der Waals surface area (Å²) in [6, 6.07) is 16.4. The standard InChI is InChI=1S/C23H25N3O4/c24-14-21(17-9-6-10-18(27)13-17)25-22(28)19-11-4-5-12-20(19)26-23(29)30-15-16-7-2-1-3-8-16/h1-3,6-10,13,19-21,27H,4-5,11-12,15H2,(H,25,28)(H,26,29)/t19-,20-,21+/m1/s1. The molecule has 1 aliphatic rings. The van der Waals surface area contributed by atoms with E-state index < -0.39 is 18.1 Å². The maximum absolute atomic E-state index is 12.9. The third kappa shape index (κ3) is 5.74. The Morgan fingerprint density at radius 3 is 2.63 bits per heavy atom. The molecule has 156 valence electrons. The van der Waals surface area contributed by atoms with Gasteiger partial charge in [0.15, 0.2) is 0 Å². The van der Waals surface area contributed by atoms with E-state index in [1.165, 1.54) is 12.1 Å². The van der Waals surface area contributed by atoms with Crippen molar-refractivity contribution in [2.45, 2.75) is 44.4 Å². The largest absolute Gasteiger partial charge is 0.508 e. The Bertz CT molecular complexity index is 910. The third-order valence-corrected chi connectivity index (χ3v) is 5.24. The number of phenols is 1. The van der Waals surface area contributed by atoms with Crippen LogP contribution in [0.15, 0.2) is 54.6 Å². The van der Waals surface area contributed by atoms with E-state index >= 15 is 0 Å². The summed E-state index contributed by atoms with van der Waals surface area (Å²) in [6.07, 6.45) is 2.50. The van der Waals surface area contributed by atoms with E-state index in [1.807, 2.05) is 30.3 Å². The van der Waals surface area contributed by atoms with Crippen LogP contribution in [0.4, 0.5) is 4.79 Å². The highest BCUT2D eigenvalue weighted by molar-refractivity contribution is 5.81. The lowest BCUT2D eigenvalue weighted by Gasteiger charge is -2.31. The van der Waals surface area contributed by atoms with Gasteiger partial charge in [-0.3, -0.25) is 4.79 Å². The highest BCUT2D eigenvalue weighted by Crippen LogP contribution is 2.26. The summed E-state index contributed by atoms with van der Waals surface area (Å²) in [5.74, 6) is -0.713. The summed E-state index contributed by atoms with van der Waals surface area (Å²) in [5, 5.41) is 24.7. The normalized spacial score (nSPS) is 19.2. The van der Waals surface area contributed by atoms with Crippen LogP contribution in [0.25, 0.3) is 0 Å². The van der Waals surface area contributed by atoms with Crippen molar-refractivity contribution in [3.05, 3.63) is 65.7 Å². The van der Waals surface area contributed by atoms with E-state index in [9.17, 15) is 20.0 Å². The van der Waals surface area contributed by atoms with Crippen molar-refractivity contribution in [2.75, 3.05) is 0 Å². The average molecular weight is 407 g/mol. The molecule has 0 spiro atoms. The molecule has 0 unspecified atom stereocenters. The minimum atomic E-state index is -0.878. The molecule has 2 amide bonds. The zero-order chi connectivity index (χ0) is 21.3. The quantitative estimate of drug-likeness (QED) is 0.678. The molecule has 3 atom stereocenters. The number of phenolic OH excluding ortho intramolecular Hbond substituents is 1. The Morgan fingerprint density at radius 1 is 1.13 bits per heavy atom. The summed E-state index contributed by atoms with van der Waals surface area (Å²) >= 11 is 0. The Hall–Kier alpha value is -3.53. The van der Waals surface area contributed by atoms with Gasteiger partial charge in [0.2, 0.25) is 5.91 Å². The van der Waals surface area contributed by atoms with Crippen LogP contribution < -0.4 is 10.6 Å². The fraction of sp³-hybridized carbons (Fsp3) is 0.348. The maximum atomic E-state index is 12.9. The molecule has 3 N–H and O–H groups in total. The molecule has 0 aliphatic heterocycles. The number of carbonyl (C=O) groups excluding carboxylic acids is 2. The molecule has 0 radical (unpaired) electrons. The van der Waals surface area contributed by atoms with Crippen molar-refractivity contribution >= 4 is 12.0 Å². The second kappa shape index (κ2) is 10.3. The number of alkyl carbamates (subject to hydrolysis) is 1. The number of benzene rings is 2. The van der Waals surface area contributed by atoms with Crippen LogP contribution in [0.2, 0.25) is 0 Å². The van der Waals surface area contributed by atoms with Crippen LogP contribution in [0, 0.1) is 17.2 Å². The summed E-state index contributed by atoms with van der Waals surface area (Å²) in [5.41, 5.74) is 1.39. The molecule has 30 heavy (non-hydrogen) atoms. The van der Waals surface area contributed by atoms with Crippen molar-refractivity contribution in [3.63, 3.8) is 0 Å². The van der Waals surface area contributed by atoms with Gasteiger partial charge in [-0.15, -0.1) is 0 Å². The molecule has 3 rings (SSSR count). The molecule has 7 nitrogen and oxygen atoms in total. The molecule has 1 aliphatic carbocycles. The zero-order valence-electron chi connectivity index (χ0n) is 16.6. The van der Waals surface area contributed by atoms with Crippen molar-refractivity contribution in [1.29, 1.82) is 5.26 Å². The number of nitrogens with one attached hydrogen (secondary N) is 2.